The standard InChI is InChI=1S/C16H15BrO3S/c17-15-8-10-16(11-9-15)21(18,19)20-13-12-14-6-4-2-1-3-5-7-14/h1-11H,12-13H2/b2-1-,3-1?,4-2?,5-3-,6-4-,7-5?,14-6?,14-7+. The number of rotatable bonds is 5. The Hall–Kier alpha value is -1.43. The van der Waals surface area contributed by atoms with Crippen molar-refractivity contribution < 1.29 is 12.6 Å². The zero-order valence-electron chi connectivity index (χ0n) is 11.3. The lowest BCUT2D eigenvalue weighted by Crippen LogP contribution is -2.08. The summed E-state index contributed by atoms with van der Waals surface area (Å²) in [6, 6.07) is 6.38. The Kier molecular flexibility index (Phi) is 5.73. The van der Waals surface area contributed by atoms with Crippen molar-refractivity contribution in [2.24, 2.45) is 0 Å². The first-order chi connectivity index (χ1) is 10.1. The molecule has 0 spiro atoms. The van der Waals surface area contributed by atoms with Crippen LogP contribution in [0.25, 0.3) is 0 Å². The van der Waals surface area contributed by atoms with Crippen LogP contribution in [0.5, 0.6) is 0 Å². The fourth-order valence-electron chi connectivity index (χ4n) is 1.71. The van der Waals surface area contributed by atoms with E-state index >= 15 is 0 Å². The predicted octanol–water partition coefficient (Wildman–Crippen LogP) is 4.15. The second-order valence-corrected chi connectivity index (χ2v) is 6.88. The van der Waals surface area contributed by atoms with Gasteiger partial charge in [0.05, 0.1) is 11.5 Å². The molecule has 1 aliphatic rings. The maximum absolute atomic E-state index is 12.0. The molecular weight excluding hydrogens is 352 g/mol. The van der Waals surface area contributed by atoms with Gasteiger partial charge in [-0.3, -0.25) is 4.18 Å². The topological polar surface area (TPSA) is 43.4 Å². The van der Waals surface area contributed by atoms with Crippen molar-refractivity contribution in [2.45, 2.75) is 11.3 Å². The van der Waals surface area contributed by atoms with Gasteiger partial charge in [0.1, 0.15) is 0 Å². The van der Waals surface area contributed by atoms with E-state index in [0.717, 1.165) is 10.0 Å². The van der Waals surface area contributed by atoms with E-state index in [1.54, 1.807) is 12.1 Å². The molecule has 0 aliphatic heterocycles. The van der Waals surface area contributed by atoms with Crippen molar-refractivity contribution in [3.63, 3.8) is 0 Å². The largest absolute Gasteiger partial charge is 0.296 e. The van der Waals surface area contributed by atoms with Crippen LogP contribution >= 0.6 is 15.9 Å². The predicted molar refractivity (Wildman–Crippen MR) is 87.4 cm³/mol. The number of halogens is 1. The number of hydrogen-bond donors (Lipinski definition) is 0. The Labute approximate surface area is 133 Å². The third-order valence-corrected chi connectivity index (χ3v) is 4.65. The minimum Gasteiger partial charge on any atom is -0.266 e. The van der Waals surface area contributed by atoms with Crippen LogP contribution in [-0.2, 0) is 14.3 Å². The van der Waals surface area contributed by atoms with Crippen molar-refractivity contribution in [1.82, 2.24) is 0 Å². The molecule has 5 heteroatoms. The summed E-state index contributed by atoms with van der Waals surface area (Å²) in [7, 11) is -3.70. The van der Waals surface area contributed by atoms with E-state index in [1.807, 2.05) is 42.5 Å². The maximum Gasteiger partial charge on any atom is 0.296 e. The first-order valence-electron chi connectivity index (χ1n) is 6.43. The molecule has 0 atom stereocenters. The van der Waals surface area contributed by atoms with Crippen molar-refractivity contribution >= 4 is 26.0 Å². The highest BCUT2D eigenvalue weighted by atomic mass is 79.9. The van der Waals surface area contributed by atoms with Gasteiger partial charge in [-0.1, -0.05) is 58.5 Å². The summed E-state index contributed by atoms with van der Waals surface area (Å²) < 4.78 is 29.9. The van der Waals surface area contributed by atoms with Gasteiger partial charge in [0.25, 0.3) is 10.1 Å². The number of hydrogen-bond acceptors (Lipinski definition) is 3. The molecule has 0 aromatic heterocycles. The second-order valence-electron chi connectivity index (χ2n) is 4.35. The average molecular weight is 367 g/mol. The summed E-state index contributed by atoms with van der Waals surface area (Å²) in [5, 5.41) is 0. The van der Waals surface area contributed by atoms with Crippen molar-refractivity contribution in [2.75, 3.05) is 6.61 Å². The first kappa shape index (κ1) is 15.9. The molecule has 0 bridgehead atoms. The normalized spacial score (nSPS) is 21.7. The molecule has 110 valence electrons. The van der Waals surface area contributed by atoms with Gasteiger partial charge in [-0.15, -0.1) is 0 Å². The van der Waals surface area contributed by atoms with Crippen LogP contribution in [0.4, 0.5) is 0 Å². The fraction of sp³-hybridized carbons (Fsp3) is 0.125. The van der Waals surface area contributed by atoms with Gasteiger partial charge >= 0.3 is 0 Å². The molecule has 3 nitrogen and oxygen atoms in total. The smallest absolute Gasteiger partial charge is 0.266 e. The van der Waals surface area contributed by atoms with Crippen LogP contribution in [0.15, 0.2) is 81.7 Å². The third kappa shape index (κ3) is 5.12. The summed E-state index contributed by atoms with van der Waals surface area (Å²) in [6.45, 7) is 0.117. The fourth-order valence-corrected chi connectivity index (χ4v) is 2.88. The van der Waals surface area contributed by atoms with Gasteiger partial charge < -0.3 is 0 Å². The SMILES string of the molecule is O=S(=O)(OCCC1=C/C=C\C=C/C=C\1)c1ccc(Br)cc1. The van der Waals surface area contributed by atoms with E-state index in [9.17, 15) is 8.42 Å². The van der Waals surface area contributed by atoms with Gasteiger partial charge in [-0.2, -0.15) is 8.42 Å². The molecule has 0 amide bonds. The molecule has 0 heterocycles. The van der Waals surface area contributed by atoms with E-state index in [-0.39, 0.29) is 11.5 Å². The van der Waals surface area contributed by atoms with Crippen LogP contribution < -0.4 is 0 Å². The summed E-state index contributed by atoms with van der Waals surface area (Å²) in [5.41, 5.74) is 1.02. The molecule has 0 saturated carbocycles. The van der Waals surface area contributed by atoms with Crippen LogP contribution in [0.3, 0.4) is 0 Å². The molecule has 0 N–H and O–H groups in total. The summed E-state index contributed by atoms with van der Waals surface area (Å²) >= 11 is 3.27. The monoisotopic (exact) mass is 366 g/mol. The lowest BCUT2D eigenvalue weighted by molar-refractivity contribution is 0.322. The van der Waals surface area contributed by atoms with E-state index in [0.29, 0.717) is 6.42 Å². The van der Waals surface area contributed by atoms with E-state index in [4.69, 9.17) is 4.18 Å². The highest BCUT2D eigenvalue weighted by Crippen LogP contribution is 2.17. The number of benzene rings is 1. The zero-order valence-corrected chi connectivity index (χ0v) is 13.7. The van der Waals surface area contributed by atoms with Crippen molar-refractivity contribution in [3.05, 3.63) is 76.8 Å². The number of allylic oxidation sites excluding steroid dienone is 7. The molecule has 0 fully saturated rings. The molecule has 1 aromatic carbocycles. The van der Waals surface area contributed by atoms with E-state index in [1.165, 1.54) is 12.1 Å². The summed E-state index contributed by atoms with van der Waals surface area (Å²) in [6.07, 6.45) is 14.0. The minimum absolute atomic E-state index is 0.117. The maximum atomic E-state index is 12.0. The van der Waals surface area contributed by atoms with Crippen LogP contribution in [0.2, 0.25) is 0 Å². The Bertz CT molecular complexity index is 696. The molecule has 21 heavy (non-hydrogen) atoms. The Balaban J connectivity index is 1.95. The van der Waals surface area contributed by atoms with Crippen LogP contribution in [0.1, 0.15) is 6.42 Å². The first-order valence-corrected chi connectivity index (χ1v) is 8.64. The van der Waals surface area contributed by atoms with Gasteiger partial charge in [0, 0.05) is 4.47 Å². The molecule has 0 saturated heterocycles. The third-order valence-electron chi connectivity index (χ3n) is 2.80. The zero-order chi connectivity index (χ0) is 15.1. The summed E-state index contributed by atoms with van der Waals surface area (Å²) in [5.74, 6) is 0. The molecule has 2 rings (SSSR count). The summed E-state index contributed by atoms with van der Waals surface area (Å²) in [4.78, 5) is 0.163. The van der Waals surface area contributed by atoms with Gasteiger partial charge in [-0.05, 0) is 36.3 Å². The molecular formula is C16H15BrO3S. The molecule has 1 aromatic rings. The van der Waals surface area contributed by atoms with Gasteiger partial charge in [-0.25, -0.2) is 0 Å². The lowest BCUT2D eigenvalue weighted by atomic mass is 10.1. The van der Waals surface area contributed by atoms with Crippen LogP contribution in [-0.4, -0.2) is 15.0 Å². The highest BCUT2D eigenvalue weighted by Gasteiger charge is 2.14. The lowest BCUT2D eigenvalue weighted by Gasteiger charge is -2.06. The average Bonchev–Trinajstić information content (AvgIpc) is 2.41. The highest BCUT2D eigenvalue weighted by molar-refractivity contribution is 9.10. The van der Waals surface area contributed by atoms with E-state index in [2.05, 4.69) is 15.9 Å². The quantitative estimate of drug-likeness (QED) is 0.735. The Morgan fingerprint density at radius 3 is 2.38 bits per heavy atom. The van der Waals surface area contributed by atoms with Gasteiger partial charge in [0.15, 0.2) is 0 Å². The van der Waals surface area contributed by atoms with Crippen molar-refractivity contribution in [1.29, 1.82) is 0 Å². The Morgan fingerprint density at radius 2 is 1.62 bits per heavy atom. The van der Waals surface area contributed by atoms with Crippen molar-refractivity contribution in [3.8, 4) is 0 Å². The van der Waals surface area contributed by atoms with Gasteiger partial charge in [0.2, 0.25) is 0 Å². The second kappa shape index (κ2) is 7.54. The molecule has 0 unspecified atom stereocenters. The van der Waals surface area contributed by atoms with Crippen LogP contribution in [0, 0.1) is 0 Å². The molecule has 1 aliphatic carbocycles. The molecule has 0 radical (unpaired) electrons. The Morgan fingerprint density at radius 1 is 0.952 bits per heavy atom. The van der Waals surface area contributed by atoms with E-state index < -0.39 is 10.1 Å². The minimum atomic E-state index is -3.70.